The number of ether oxygens (including phenoxy) is 1. The van der Waals surface area contributed by atoms with Crippen LogP contribution in [0.3, 0.4) is 0 Å². The van der Waals surface area contributed by atoms with Gasteiger partial charge in [0.15, 0.2) is 0 Å². The first-order valence-corrected chi connectivity index (χ1v) is 10.2. The van der Waals surface area contributed by atoms with E-state index in [-0.39, 0.29) is 10.8 Å². The van der Waals surface area contributed by atoms with Crippen molar-refractivity contribution in [2.24, 2.45) is 5.41 Å². The summed E-state index contributed by atoms with van der Waals surface area (Å²) in [7, 11) is 1.75. The molecular formula is C22H30N2O2. The van der Waals surface area contributed by atoms with Gasteiger partial charge < -0.3 is 14.5 Å². The number of nitrogens with zero attached hydrogens (tertiary/aromatic N) is 2. The van der Waals surface area contributed by atoms with Gasteiger partial charge >= 0.3 is 6.03 Å². The Kier molecular flexibility index (Phi) is 3.28. The quantitative estimate of drug-likeness (QED) is 0.766. The number of rotatable bonds is 1. The molecular weight excluding hydrogens is 324 g/mol. The summed E-state index contributed by atoms with van der Waals surface area (Å²) in [4.78, 5) is 17.6. The molecule has 3 fully saturated rings. The number of benzene rings is 1. The van der Waals surface area contributed by atoms with Crippen molar-refractivity contribution in [3.63, 3.8) is 0 Å². The van der Waals surface area contributed by atoms with Crippen LogP contribution in [0.5, 0.6) is 5.75 Å². The zero-order chi connectivity index (χ0) is 18.3. The number of likely N-dealkylation sites (tertiary alicyclic amines) is 2. The average molecular weight is 354 g/mol. The van der Waals surface area contributed by atoms with Crippen LogP contribution in [0.25, 0.3) is 0 Å². The maximum absolute atomic E-state index is 13.2. The summed E-state index contributed by atoms with van der Waals surface area (Å²) in [5.41, 5.74) is 4.51. The highest BCUT2D eigenvalue weighted by Crippen LogP contribution is 2.72. The highest BCUT2D eigenvalue weighted by Gasteiger charge is 2.77. The predicted octanol–water partition coefficient (Wildman–Crippen LogP) is 3.89. The van der Waals surface area contributed by atoms with Gasteiger partial charge in [-0.05, 0) is 61.8 Å². The largest absolute Gasteiger partial charge is 0.496 e. The molecule has 2 amide bonds. The van der Waals surface area contributed by atoms with E-state index < -0.39 is 0 Å². The lowest BCUT2D eigenvalue weighted by Crippen LogP contribution is -2.87. The molecule has 1 aromatic rings. The van der Waals surface area contributed by atoms with Gasteiger partial charge in [0.1, 0.15) is 5.75 Å². The monoisotopic (exact) mass is 354 g/mol. The summed E-state index contributed by atoms with van der Waals surface area (Å²) in [5.74, 6) is 0.972. The summed E-state index contributed by atoms with van der Waals surface area (Å²) in [6.07, 6.45) is 5.64. The van der Waals surface area contributed by atoms with Crippen LogP contribution in [0, 0.1) is 12.3 Å². The SMILES string of the molecule is COc1cc2c(cc1C)[C@@]1(C)CC3N(C(=O)N4CCCCC4)[C@@H](C2)C31C. The van der Waals surface area contributed by atoms with Crippen LogP contribution in [-0.2, 0) is 11.8 Å². The molecule has 4 atom stereocenters. The molecule has 0 radical (unpaired) electrons. The Morgan fingerprint density at radius 1 is 1.15 bits per heavy atom. The van der Waals surface area contributed by atoms with Crippen LogP contribution in [0.4, 0.5) is 4.79 Å². The van der Waals surface area contributed by atoms with Crippen LogP contribution in [0.15, 0.2) is 12.1 Å². The number of hydrogen-bond donors (Lipinski definition) is 0. The van der Waals surface area contributed by atoms with Gasteiger partial charge in [-0.3, -0.25) is 0 Å². The van der Waals surface area contributed by atoms with E-state index in [0.717, 1.165) is 44.5 Å². The molecule has 2 aliphatic heterocycles. The molecule has 0 N–H and O–H groups in total. The van der Waals surface area contributed by atoms with Crippen molar-refractivity contribution in [1.82, 2.24) is 9.80 Å². The van der Waals surface area contributed by atoms with Crippen LogP contribution >= 0.6 is 0 Å². The standard InChI is InChI=1S/C22H30N2O2/c1-14-10-16-15(11-17(14)26-4)12-18-22(3)19(13-21(16,22)2)24(18)20(25)23-8-6-5-7-9-23/h10-11,18-19H,5-9,12-13H2,1-4H3/t18-,19?,21+,22?/m0/s1. The summed E-state index contributed by atoms with van der Waals surface area (Å²) in [6.45, 7) is 8.86. The highest BCUT2D eigenvalue weighted by atomic mass is 16.5. The fourth-order valence-corrected chi connectivity index (χ4v) is 6.52. The molecule has 1 aromatic carbocycles. The van der Waals surface area contributed by atoms with E-state index in [9.17, 15) is 4.79 Å². The maximum Gasteiger partial charge on any atom is 0.320 e. The third-order valence-corrected chi connectivity index (χ3v) is 8.32. The number of fused-ring (bicyclic) bond motifs is 2. The van der Waals surface area contributed by atoms with E-state index in [2.05, 4.69) is 42.7 Å². The second-order valence-corrected chi connectivity index (χ2v) is 9.27. The fourth-order valence-electron chi connectivity index (χ4n) is 6.52. The molecule has 2 unspecified atom stereocenters. The zero-order valence-electron chi connectivity index (χ0n) is 16.5. The van der Waals surface area contributed by atoms with Crippen LogP contribution < -0.4 is 4.74 Å². The first-order valence-electron chi connectivity index (χ1n) is 10.2. The Morgan fingerprint density at radius 3 is 2.58 bits per heavy atom. The lowest BCUT2D eigenvalue weighted by Gasteiger charge is -2.79. The van der Waals surface area contributed by atoms with Gasteiger partial charge in [-0.2, -0.15) is 0 Å². The minimum Gasteiger partial charge on any atom is -0.496 e. The van der Waals surface area contributed by atoms with E-state index in [1.165, 1.54) is 23.1 Å². The van der Waals surface area contributed by atoms with Crippen LogP contribution in [0.2, 0.25) is 0 Å². The molecule has 0 bridgehead atoms. The lowest BCUT2D eigenvalue weighted by atomic mass is 9.35. The van der Waals surface area contributed by atoms with Crippen molar-refractivity contribution in [1.29, 1.82) is 0 Å². The van der Waals surface area contributed by atoms with E-state index in [1.54, 1.807) is 7.11 Å². The van der Waals surface area contributed by atoms with Crippen molar-refractivity contribution in [2.75, 3.05) is 20.2 Å². The molecule has 2 saturated heterocycles. The number of urea groups is 1. The maximum atomic E-state index is 13.2. The molecule has 0 spiro atoms. The van der Waals surface area contributed by atoms with Gasteiger partial charge in [-0.15, -0.1) is 0 Å². The second kappa shape index (κ2) is 5.17. The number of carbonyl (C=O) groups excluding carboxylic acids is 1. The summed E-state index contributed by atoms with van der Waals surface area (Å²) >= 11 is 0. The Bertz CT molecular complexity index is 785. The first-order chi connectivity index (χ1) is 12.4. The first kappa shape index (κ1) is 16.5. The summed E-state index contributed by atoms with van der Waals surface area (Å²) in [5, 5.41) is 0. The van der Waals surface area contributed by atoms with Gasteiger partial charge in [-0.1, -0.05) is 19.9 Å². The van der Waals surface area contributed by atoms with Crippen LogP contribution in [-0.4, -0.2) is 48.1 Å². The summed E-state index contributed by atoms with van der Waals surface area (Å²) < 4.78 is 5.58. The van der Waals surface area contributed by atoms with Gasteiger partial charge in [0.2, 0.25) is 0 Å². The molecule has 1 saturated carbocycles. The number of piperidine rings is 2. The van der Waals surface area contributed by atoms with E-state index >= 15 is 0 Å². The molecule has 5 rings (SSSR count). The van der Waals surface area contributed by atoms with E-state index in [0.29, 0.717) is 18.1 Å². The molecule has 26 heavy (non-hydrogen) atoms. The molecule has 4 heteroatoms. The molecule has 2 heterocycles. The summed E-state index contributed by atoms with van der Waals surface area (Å²) in [6, 6.07) is 5.62. The van der Waals surface area contributed by atoms with Crippen molar-refractivity contribution in [2.45, 2.75) is 70.4 Å². The number of methoxy groups -OCH3 is 1. The highest BCUT2D eigenvalue weighted by molar-refractivity contribution is 5.78. The molecule has 4 aliphatic rings. The third kappa shape index (κ3) is 1.74. The molecule has 0 aromatic heterocycles. The van der Waals surface area contributed by atoms with Gasteiger partial charge in [-0.25, -0.2) is 4.79 Å². The van der Waals surface area contributed by atoms with E-state index in [4.69, 9.17) is 4.74 Å². The predicted molar refractivity (Wildman–Crippen MR) is 102 cm³/mol. The van der Waals surface area contributed by atoms with Gasteiger partial charge in [0.05, 0.1) is 7.11 Å². The van der Waals surface area contributed by atoms with Crippen molar-refractivity contribution >= 4 is 6.03 Å². The number of amides is 2. The minimum absolute atomic E-state index is 0.186. The zero-order valence-corrected chi connectivity index (χ0v) is 16.5. The Hall–Kier alpha value is -1.71. The Balaban J connectivity index is 1.50. The van der Waals surface area contributed by atoms with Crippen LogP contribution in [0.1, 0.15) is 56.2 Å². The Morgan fingerprint density at radius 2 is 1.88 bits per heavy atom. The lowest BCUT2D eigenvalue weighted by molar-refractivity contribution is -0.233. The van der Waals surface area contributed by atoms with Gasteiger partial charge in [0.25, 0.3) is 0 Å². The average Bonchev–Trinajstić information content (AvgIpc) is 2.65. The number of aryl methyl sites for hydroxylation is 1. The smallest absolute Gasteiger partial charge is 0.320 e. The fraction of sp³-hybridized carbons (Fsp3) is 0.682. The Labute approximate surface area is 156 Å². The third-order valence-electron chi connectivity index (χ3n) is 8.32. The van der Waals surface area contributed by atoms with Crippen molar-refractivity contribution < 1.29 is 9.53 Å². The van der Waals surface area contributed by atoms with Crippen molar-refractivity contribution in [3.05, 3.63) is 28.8 Å². The van der Waals surface area contributed by atoms with Crippen molar-refractivity contribution in [3.8, 4) is 5.75 Å². The minimum atomic E-state index is 0.186. The van der Waals surface area contributed by atoms with Gasteiger partial charge in [0, 0.05) is 36.0 Å². The normalized spacial score (nSPS) is 37.2. The number of hydrogen-bond acceptors (Lipinski definition) is 2. The second-order valence-electron chi connectivity index (χ2n) is 9.27. The van der Waals surface area contributed by atoms with E-state index in [1.807, 2.05) is 0 Å². The molecule has 140 valence electrons. The number of carbonyl (C=O) groups is 1. The molecule has 2 aliphatic carbocycles. The topological polar surface area (TPSA) is 32.8 Å². The molecule has 4 nitrogen and oxygen atoms in total.